The molecule has 0 unspecified atom stereocenters. The monoisotopic (exact) mass is 172 g/mol. The quantitative estimate of drug-likeness (QED) is 0.155. The SMILES string of the molecule is C=CCOC=C(C(=O)O)C(=O)O. The van der Waals surface area contributed by atoms with E-state index in [-0.39, 0.29) is 6.61 Å². The van der Waals surface area contributed by atoms with E-state index in [2.05, 4.69) is 11.3 Å². The molecule has 0 aromatic rings. The summed E-state index contributed by atoms with van der Waals surface area (Å²) in [5, 5.41) is 16.6. The van der Waals surface area contributed by atoms with Crippen molar-refractivity contribution in [3.8, 4) is 0 Å². The predicted octanol–water partition coefficient (Wildman–Crippen LogP) is 0.242. The van der Waals surface area contributed by atoms with E-state index in [0.717, 1.165) is 0 Å². The van der Waals surface area contributed by atoms with Crippen LogP contribution in [0.1, 0.15) is 0 Å². The molecule has 0 radical (unpaired) electrons. The first-order valence-corrected chi connectivity index (χ1v) is 2.99. The van der Waals surface area contributed by atoms with Crippen LogP contribution >= 0.6 is 0 Å². The van der Waals surface area contributed by atoms with Crippen molar-refractivity contribution in [1.29, 1.82) is 0 Å². The van der Waals surface area contributed by atoms with Crippen LogP contribution in [0.3, 0.4) is 0 Å². The van der Waals surface area contributed by atoms with E-state index in [1.165, 1.54) is 6.08 Å². The normalized spacial score (nSPS) is 8.33. The van der Waals surface area contributed by atoms with Gasteiger partial charge in [-0.25, -0.2) is 9.59 Å². The number of hydrogen-bond donors (Lipinski definition) is 2. The summed E-state index contributed by atoms with van der Waals surface area (Å²) in [7, 11) is 0. The van der Waals surface area contributed by atoms with Crippen molar-refractivity contribution >= 4 is 11.9 Å². The second-order valence-electron chi connectivity index (χ2n) is 1.76. The molecule has 0 fully saturated rings. The molecule has 0 aromatic carbocycles. The zero-order valence-electron chi connectivity index (χ0n) is 6.19. The Morgan fingerprint density at radius 3 is 2.17 bits per heavy atom. The van der Waals surface area contributed by atoms with Crippen molar-refractivity contribution in [2.45, 2.75) is 0 Å². The first-order chi connectivity index (χ1) is 5.59. The fraction of sp³-hybridized carbons (Fsp3) is 0.143. The zero-order valence-corrected chi connectivity index (χ0v) is 6.19. The first-order valence-electron chi connectivity index (χ1n) is 2.99. The van der Waals surface area contributed by atoms with Crippen molar-refractivity contribution in [1.82, 2.24) is 0 Å². The van der Waals surface area contributed by atoms with Crippen LogP contribution < -0.4 is 0 Å². The Bertz CT molecular complexity index is 212. The minimum Gasteiger partial charge on any atom is -0.496 e. The second-order valence-corrected chi connectivity index (χ2v) is 1.76. The van der Waals surface area contributed by atoms with E-state index in [9.17, 15) is 9.59 Å². The summed E-state index contributed by atoms with van der Waals surface area (Å²) >= 11 is 0. The van der Waals surface area contributed by atoms with Gasteiger partial charge in [0.05, 0.1) is 0 Å². The summed E-state index contributed by atoms with van der Waals surface area (Å²) in [6.07, 6.45) is 2.05. The highest BCUT2D eigenvalue weighted by Gasteiger charge is 2.15. The van der Waals surface area contributed by atoms with Gasteiger partial charge in [0.15, 0.2) is 5.57 Å². The van der Waals surface area contributed by atoms with Gasteiger partial charge >= 0.3 is 11.9 Å². The van der Waals surface area contributed by atoms with Crippen molar-refractivity contribution in [2.75, 3.05) is 6.61 Å². The van der Waals surface area contributed by atoms with Gasteiger partial charge in [-0.2, -0.15) is 0 Å². The summed E-state index contributed by atoms with van der Waals surface area (Å²) in [4.78, 5) is 20.4. The number of aliphatic carboxylic acids is 2. The number of carbonyl (C=O) groups is 2. The molecule has 0 aliphatic heterocycles. The van der Waals surface area contributed by atoms with Crippen LogP contribution in [0.2, 0.25) is 0 Å². The first kappa shape index (κ1) is 10.2. The molecule has 0 bridgehead atoms. The summed E-state index contributed by atoms with van der Waals surface area (Å²) in [6.45, 7) is 3.37. The lowest BCUT2D eigenvalue weighted by atomic mass is 10.3. The number of carboxylic acid groups (broad SMARTS) is 2. The third kappa shape index (κ3) is 3.40. The van der Waals surface area contributed by atoms with E-state index in [1.807, 2.05) is 0 Å². The Kier molecular flexibility index (Phi) is 4.21. The second kappa shape index (κ2) is 4.95. The molecule has 0 saturated heterocycles. The molecule has 0 aliphatic carbocycles. The maximum atomic E-state index is 10.2. The number of rotatable bonds is 5. The maximum absolute atomic E-state index is 10.2. The molecule has 0 heterocycles. The lowest BCUT2D eigenvalue weighted by Crippen LogP contribution is -2.11. The Morgan fingerprint density at radius 2 is 1.83 bits per heavy atom. The molecule has 2 N–H and O–H groups in total. The van der Waals surface area contributed by atoms with Gasteiger partial charge in [-0.05, 0) is 0 Å². The number of hydrogen-bond acceptors (Lipinski definition) is 3. The summed E-state index contributed by atoms with van der Waals surface area (Å²) in [6, 6.07) is 0. The highest BCUT2D eigenvalue weighted by Crippen LogP contribution is 1.95. The van der Waals surface area contributed by atoms with Crippen LogP contribution in [0.15, 0.2) is 24.5 Å². The van der Waals surface area contributed by atoms with Crippen LogP contribution in [0.5, 0.6) is 0 Å². The van der Waals surface area contributed by atoms with Crippen LogP contribution in [0.4, 0.5) is 0 Å². The molecule has 0 aromatic heterocycles. The van der Waals surface area contributed by atoms with Crippen LogP contribution in [0, 0.1) is 0 Å². The highest BCUT2D eigenvalue weighted by atomic mass is 16.5. The van der Waals surface area contributed by atoms with E-state index in [0.29, 0.717) is 6.26 Å². The molecule has 5 nitrogen and oxygen atoms in total. The standard InChI is InChI=1S/C7H8O5/c1-2-3-12-4-5(6(8)9)7(10)11/h2,4H,1,3H2,(H,8,9)(H,10,11). The van der Waals surface area contributed by atoms with Gasteiger partial charge in [0.2, 0.25) is 0 Å². The molecule has 66 valence electrons. The summed E-state index contributed by atoms with van der Waals surface area (Å²) in [5.41, 5.74) is -0.808. The molecule has 0 spiro atoms. The van der Waals surface area contributed by atoms with Gasteiger partial charge in [0, 0.05) is 0 Å². The largest absolute Gasteiger partial charge is 0.496 e. The number of ether oxygens (including phenoxy) is 1. The lowest BCUT2D eigenvalue weighted by Gasteiger charge is -1.96. The average Bonchev–Trinajstić information content (AvgIpc) is 1.96. The highest BCUT2D eigenvalue weighted by molar-refractivity contribution is 6.12. The summed E-state index contributed by atoms with van der Waals surface area (Å²) < 4.78 is 4.53. The van der Waals surface area contributed by atoms with Gasteiger partial charge in [-0.3, -0.25) is 0 Å². The van der Waals surface area contributed by atoms with Crippen LogP contribution in [-0.2, 0) is 14.3 Å². The van der Waals surface area contributed by atoms with Crippen molar-refractivity contribution < 1.29 is 24.5 Å². The molecular formula is C7H8O5. The Morgan fingerprint density at radius 1 is 1.33 bits per heavy atom. The van der Waals surface area contributed by atoms with Crippen LogP contribution in [0.25, 0.3) is 0 Å². The Balaban J connectivity index is 4.29. The van der Waals surface area contributed by atoms with Crippen molar-refractivity contribution in [3.63, 3.8) is 0 Å². The Hall–Kier alpha value is -1.78. The van der Waals surface area contributed by atoms with E-state index >= 15 is 0 Å². The smallest absolute Gasteiger partial charge is 0.346 e. The zero-order chi connectivity index (χ0) is 9.56. The fourth-order valence-electron chi connectivity index (χ4n) is 0.392. The van der Waals surface area contributed by atoms with E-state index < -0.39 is 17.5 Å². The maximum Gasteiger partial charge on any atom is 0.346 e. The number of carboxylic acids is 2. The molecule has 0 amide bonds. The topological polar surface area (TPSA) is 83.8 Å². The third-order valence-electron chi connectivity index (χ3n) is 0.876. The molecule has 0 aliphatic rings. The van der Waals surface area contributed by atoms with Gasteiger partial charge in [-0.15, -0.1) is 0 Å². The minimum absolute atomic E-state index is 0.0735. The molecule has 0 saturated carbocycles. The molecular weight excluding hydrogens is 164 g/mol. The van der Waals surface area contributed by atoms with Gasteiger partial charge in [-0.1, -0.05) is 12.7 Å². The molecule has 0 rings (SSSR count). The minimum atomic E-state index is -1.54. The van der Waals surface area contributed by atoms with Crippen molar-refractivity contribution in [2.24, 2.45) is 0 Å². The van der Waals surface area contributed by atoms with Gasteiger partial charge in [0.1, 0.15) is 12.9 Å². The Labute approximate surface area is 68.6 Å². The molecule has 12 heavy (non-hydrogen) atoms. The average molecular weight is 172 g/mol. The van der Waals surface area contributed by atoms with Gasteiger partial charge in [0.25, 0.3) is 0 Å². The van der Waals surface area contributed by atoms with E-state index in [4.69, 9.17) is 10.2 Å². The fourth-order valence-corrected chi connectivity index (χ4v) is 0.392. The third-order valence-corrected chi connectivity index (χ3v) is 0.876. The summed E-state index contributed by atoms with van der Waals surface area (Å²) in [5.74, 6) is -3.07. The molecule has 5 heteroatoms. The van der Waals surface area contributed by atoms with E-state index in [1.54, 1.807) is 0 Å². The molecule has 0 atom stereocenters. The van der Waals surface area contributed by atoms with Gasteiger partial charge < -0.3 is 14.9 Å². The lowest BCUT2D eigenvalue weighted by molar-refractivity contribution is -0.140. The van der Waals surface area contributed by atoms with Crippen molar-refractivity contribution in [3.05, 3.63) is 24.5 Å². The van der Waals surface area contributed by atoms with Crippen LogP contribution in [-0.4, -0.2) is 28.8 Å². The predicted molar refractivity (Wildman–Crippen MR) is 39.5 cm³/mol.